The lowest BCUT2D eigenvalue weighted by molar-refractivity contribution is 0.262. The molecule has 0 aliphatic carbocycles. The number of anilines is 3. The summed E-state index contributed by atoms with van der Waals surface area (Å²) in [6.45, 7) is 3.86. The number of urea groups is 1. The Morgan fingerprint density at radius 2 is 1.75 bits per heavy atom. The molecule has 4 N–H and O–H groups in total. The molecule has 0 saturated carbocycles. The number of hydrogen-bond donors (Lipinski definition) is 3. The van der Waals surface area contributed by atoms with Crippen molar-refractivity contribution >= 4 is 34.7 Å². The number of carbonyl (C=O) groups is 1. The second-order valence-electron chi connectivity index (χ2n) is 4.64. The van der Waals surface area contributed by atoms with Crippen molar-refractivity contribution in [3.8, 4) is 0 Å². The third kappa shape index (κ3) is 3.42. The van der Waals surface area contributed by atoms with Gasteiger partial charge in [-0.25, -0.2) is 4.79 Å². The molecule has 0 aromatic heterocycles. The van der Waals surface area contributed by atoms with Crippen LogP contribution in [0.5, 0.6) is 0 Å². The van der Waals surface area contributed by atoms with Gasteiger partial charge in [0.05, 0.1) is 10.7 Å². The molecule has 0 aliphatic rings. The minimum absolute atomic E-state index is 0.344. The molecule has 0 saturated heterocycles. The summed E-state index contributed by atoms with van der Waals surface area (Å²) in [5, 5.41) is 6.00. The number of amides is 2. The van der Waals surface area contributed by atoms with Crippen LogP contribution < -0.4 is 16.4 Å². The van der Waals surface area contributed by atoms with Gasteiger partial charge in [0.25, 0.3) is 0 Å². The fourth-order valence-electron chi connectivity index (χ4n) is 1.92. The Bertz CT molecular complexity index is 615. The molecule has 2 rings (SSSR count). The average Bonchev–Trinajstić information content (AvgIpc) is 2.36. The van der Waals surface area contributed by atoms with Crippen molar-refractivity contribution < 1.29 is 4.79 Å². The zero-order valence-corrected chi connectivity index (χ0v) is 12.1. The summed E-state index contributed by atoms with van der Waals surface area (Å²) >= 11 is 6.14. The van der Waals surface area contributed by atoms with Gasteiger partial charge in [0.1, 0.15) is 0 Å². The summed E-state index contributed by atoms with van der Waals surface area (Å²) in [5.74, 6) is 0. The van der Waals surface area contributed by atoms with Crippen LogP contribution >= 0.6 is 11.6 Å². The van der Waals surface area contributed by atoms with E-state index in [2.05, 4.69) is 10.6 Å². The van der Waals surface area contributed by atoms with Crippen LogP contribution in [0.1, 0.15) is 11.1 Å². The van der Waals surface area contributed by atoms with Gasteiger partial charge in [0, 0.05) is 11.4 Å². The molecule has 0 fully saturated rings. The summed E-state index contributed by atoms with van der Waals surface area (Å²) in [7, 11) is 0. The number of carbonyl (C=O) groups excluding carboxylic acids is 1. The van der Waals surface area contributed by atoms with E-state index in [0.29, 0.717) is 22.1 Å². The van der Waals surface area contributed by atoms with E-state index in [9.17, 15) is 4.79 Å². The Kier molecular flexibility index (Phi) is 4.15. The Morgan fingerprint density at radius 1 is 1.10 bits per heavy atom. The minimum atomic E-state index is -0.344. The maximum Gasteiger partial charge on any atom is 0.323 e. The van der Waals surface area contributed by atoms with E-state index in [1.54, 1.807) is 24.3 Å². The van der Waals surface area contributed by atoms with E-state index in [0.717, 1.165) is 11.1 Å². The van der Waals surface area contributed by atoms with E-state index >= 15 is 0 Å². The normalized spacial score (nSPS) is 10.2. The highest BCUT2D eigenvalue weighted by Crippen LogP contribution is 2.27. The van der Waals surface area contributed by atoms with E-state index in [4.69, 9.17) is 17.3 Å². The van der Waals surface area contributed by atoms with Crippen LogP contribution in [-0.4, -0.2) is 6.03 Å². The molecular formula is C15H16ClN3O. The quantitative estimate of drug-likeness (QED) is 0.726. The molecule has 5 heteroatoms. The summed E-state index contributed by atoms with van der Waals surface area (Å²) < 4.78 is 0. The van der Waals surface area contributed by atoms with Crippen LogP contribution in [0.3, 0.4) is 0 Å². The van der Waals surface area contributed by atoms with E-state index in [1.165, 1.54) is 0 Å². The molecule has 0 unspecified atom stereocenters. The number of halogens is 1. The fraction of sp³-hybridized carbons (Fsp3) is 0.133. The van der Waals surface area contributed by atoms with Crippen molar-refractivity contribution in [1.29, 1.82) is 0 Å². The van der Waals surface area contributed by atoms with E-state index < -0.39 is 0 Å². The molecule has 0 aliphatic heterocycles. The van der Waals surface area contributed by atoms with Crippen LogP contribution in [0.15, 0.2) is 36.4 Å². The first-order valence-electron chi connectivity index (χ1n) is 6.16. The molecule has 20 heavy (non-hydrogen) atoms. The van der Waals surface area contributed by atoms with Gasteiger partial charge < -0.3 is 16.4 Å². The molecule has 0 spiro atoms. The molecule has 0 heterocycles. The van der Waals surface area contributed by atoms with Crippen molar-refractivity contribution in [1.82, 2.24) is 0 Å². The second kappa shape index (κ2) is 5.84. The lowest BCUT2D eigenvalue weighted by Gasteiger charge is -2.12. The van der Waals surface area contributed by atoms with Crippen molar-refractivity contribution in [3.63, 3.8) is 0 Å². The maximum absolute atomic E-state index is 11.9. The number of nitrogen functional groups attached to an aromatic ring is 1. The molecule has 0 radical (unpaired) electrons. The Hall–Kier alpha value is -2.20. The summed E-state index contributed by atoms with van der Waals surface area (Å²) in [4.78, 5) is 11.9. The molecule has 0 bridgehead atoms. The van der Waals surface area contributed by atoms with Gasteiger partial charge in [0.15, 0.2) is 0 Å². The average molecular weight is 290 g/mol. The van der Waals surface area contributed by atoms with Crippen LogP contribution in [0.2, 0.25) is 5.02 Å². The first-order chi connectivity index (χ1) is 9.45. The number of nitrogens with two attached hydrogens (primary N) is 1. The van der Waals surface area contributed by atoms with Crippen molar-refractivity contribution in [3.05, 3.63) is 52.5 Å². The molecule has 2 aromatic carbocycles. The van der Waals surface area contributed by atoms with E-state index in [-0.39, 0.29) is 6.03 Å². The molecular weight excluding hydrogens is 274 g/mol. The minimum Gasteiger partial charge on any atom is -0.399 e. The lowest BCUT2D eigenvalue weighted by Crippen LogP contribution is -2.20. The Balaban J connectivity index is 2.10. The highest BCUT2D eigenvalue weighted by molar-refractivity contribution is 6.34. The Labute approximate surface area is 122 Å². The predicted octanol–water partition coefficient (Wildman–Crippen LogP) is 4.18. The van der Waals surface area contributed by atoms with Crippen LogP contribution in [-0.2, 0) is 0 Å². The lowest BCUT2D eigenvalue weighted by atomic mass is 10.1. The van der Waals surface area contributed by atoms with Crippen molar-refractivity contribution in [2.24, 2.45) is 0 Å². The molecule has 4 nitrogen and oxygen atoms in total. The third-order valence-corrected chi connectivity index (χ3v) is 3.14. The van der Waals surface area contributed by atoms with Gasteiger partial charge in [-0.1, -0.05) is 17.7 Å². The summed E-state index contributed by atoms with van der Waals surface area (Å²) in [6, 6.07) is 10.3. The number of benzene rings is 2. The van der Waals surface area contributed by atoms with Crippen LogP contribution in [0, 0.1) is 13.8 Å². The summed E-state index contributed by atoms with van der Waals surface area (Å²) in [6.07, 6.45) is 0. The van der Waals surface area contributed by atoms with Gasteiger partial charge in [-0.15, -0.1) is 0 Å². The number of aryl methyl sites for hydroxylation is 2. The second-order valence-corrected chi connectivity index (χ2v) is 5.05. The monoisotopic (exact) mass is 289 g/mol. The number of nitrogens with one attached hydrogen (secondary N) is 2. The number of hydrogen-bond acceptors (Lipinski definition) is 2. The largest absolute Gasteiger partial charge is 0.399 e. The Morgan fingerprint density at radius 3 is 2.35 bits per heavy atom. The van der Waals surface area contributed by atoms with Crippen molar-refractivity contribution in [2.45, 2.75) is 13.8 Å². The highest BCUT2D eigenvalue weighted by atomic mass is 35.5. The predicted molar refractivity (Wildman–Crippen MR) is 84.4 cm³/mol. The zero-order valence-electron chi connectivity index (χ0n) is 11.3. The maximum atomic E-state index is 11.9. The smallest absolute Gasteiger partial charge is 0.323 e. The molecule has 104 valence electrons. The van der Waals surface area contributed by atoms with Gasteiger partial charge in [-0.2, -0.15) is 0 Å². The van der Waals surface area contributed by atoms with Gasteiger partial charge in [-0.05, 0) is 55.3 Å². The standard InChI is InChI=1S/C15H16ClN3O/c1-9-7-10(2)14(13(16)8-9)19-15(20)18-12-5-3-11(17)4-6-12/h3-8H,17H2,1-2H3,(H2,18,19,20). The number of rotatable bonds is 2. The topological polar surface area (TPSA) is 67.2 Å². The molecule has 2 amide bonds. The third-order valence-electron chi connectivity index (χ3n) is 2.84. The van der Waals surface area contributed by atoms with Crippen LogP contribution in [0.25, 0.3) is 0 Å². The highest BCUT2D eigenvalue weighted by Gasteiger charge is 2.09. The first-order valence-corrected chi connectivity index (χ1v) is 6.54. The molecule has 0 atom stereocenters. The van der Waals surface area contributed by atoms with E-state index in [1.807, 2.05) is 26.0 Å². The fourth-order valence-corrected chi connectivity index (χ4v) is 2.28. The van der Waals surface area contributed by atoms with Gasteiger partial charge in [-0.3, -0.25) is 0 Å². The van der Waals surface area contributed by atoms with Crippen LogP contribution in [0.4, 0.5) is 21.9 Å². The molecule has 2 aromatic rings. The first kappa shape index (κ1) is 14.2. The zero-order chi connectivity index (χ0) is 14.7. The summed E-state index contributed by atoms with van der Waals surface area (Å²) in [5.41, 5.74) is 9.49. The SMILES string of the molecule is Cc1cc(C)c(NC(=O)Nc2ccc(N)cc2)c(Cl)c1. The van der Waals surface area contributed by atoms with Crippen molar-refractivity contribution in [2.75, 3.05) is 16.4 Å². The van der Waals surface area contributed by atoms with Gasteiger partial charge >= 0.3 is 6.03 Å². The van der Waals surface area contributed by atoms with Gasteiger partial charge in [0.2, 0.25) is 0 Å².